The first-order chi connectivity index (χ1) is 8.74. The van der Waals surface area contributed by atoms with Crippen LogP contribution in [0.15, 0.2) is 0 Å². The van der Waals surface area contributed by atoms with E-state index in [1.165, 1.54) is 44.9 Å². The van der Waals surface area contributed by atoms with E-state index >= 15 is 0 Å². The van der Waals surface area contributed by atoms with Crippen molar-refractivity contribution in [3.8, 4) is 0 Å². The van der Waals surface area contributed by atoms with Gasteiger partial charge in [-0.05, 0) is 31.9 Å². The van der Waals surface area contributed by atoms with Crippen molar-refractivity contribution in [1.82, 2.24) is 5.32 Å². The molecule has 0 amide bonds. The average molecular weight is 273 g/mol. The number of ether oxygens (including phenoxy) is 1. The van der Waals surface area contributed by atoms with E-state index in [0.29, 0.717) is 24.0 Å². The fraction of sp³-hybridized carbons (Fsp3) is 1.00. The Hall–Kier alpha value is 0.230. The van der Waals surface area contributed by atoms with Gasteiger partial charge in [-0.3, -0.25) is 0 Å². The zero-order valence-corrected chi connectivity index (χ0v) is 12.3. The molecule has 4 heteroatoms. The van der Waals surface area contributed by atoms with Crippen LogP contribution in [0, 0.1) is 0 Å². The van der Waals surface area contributed by atoms with E-state index in [9.17, 15) is 5.11 Å². The fourth-order valence-corrected chi connectivity index (χ4v) is 3.80. The zero-order chi connectivity index (χ0) is 12.8. The summed E-state index contributed by atoms with van der Waals surface area (Å²) in [6.45, 7) is 2.17. The van der Waals surface area contributed by atoms with Crippen molar-refractivity contribution < 1.29 is 9.84 Å². The van der Waals surface area contributed by atoms with E-state index in [4.69, 9.17) is 4.74 Å². The molecule has 2 aliphatic carbocycles. The van der Waals surface area contributed by atoms with Crippen LogP contribution in [0.2, 0.25) is 0 Å². The van der Waals surface area contributed by atoms with Crippen LogP contribution in [0.1, 0.15) is 44.9 Å². The van der Waals surface area contributed by atoms with E-state index in [1.54, 1.807) is 0 Å². The molecular weight excluding hydrogens is 246 g/mol. The number of thioether (sulfide) groups is 1. The van der Waals surface area contributed by atoms with E-state index in [2.05, 4.69) is 11.6 Å². The van der Waals surface area contributed by atoms with Crippen LogP contribution in [0.25, 0.3) is 0 Å². The number of aliphatic hydroxyl groups excluding tert-OH is 1. The van der Waals surface area contributed by atoms with Crippen LogP contribution in [0.3, 0.4) is 0 Å². The minimum atomic E-state index is -0.357. The Bertz CT molecular complexity index is 234. The molecule has 0 bridgehead atoms. The van der Waals surface area contributed by atoms with E-state index in [0.717, 1.165) is 6.54 Å². The molecule has 0 aromatic carbocycles. The lowest BCUT2D eigenvalue weighted by atomic mass is 9.84. The Balaban J connectivity index is 1.52. The summed E-state index contributed by atoms with van der Waals surface area (Å²) in [7, 11) is 0. The first kappa shape index (κ1) is 14.6. The minimum Gasteiger partial charge on any atom is -0.389 e. The normalized spacial score (nSPS) is 25.0. The monoisotopic (exact) mass is 273 g/mol. The quantitative estimate of drug-likeness (QED) is 0.711. The lowest BCUT2D eigenvalue weighted by Crippen LogP contribution is -2.45. The Morgan fingerprint density at radius 2 is 2.06 bits per heavy atom. The molecule has 0 radical (unpaired) electrons. The first-order valence-corrected chi connectivity index (χ1v) is 8.52. The molecule has 0 saturated heterocycles. The van der Waals surface area contributed by atoms with Gasteiger partial charge in [-0.2, -0.15) is 11.8 Å². The molecule has 2 N–H and O–H groups in total. The summed E-state index contributed by atoms with van der Waals surface area (Å²) < 4.78 is 6.17. The van der Waals surface area contributed by atoms with E-state index in [-0.39, 0.29) is 6.10 Å². The van der Waals surface area contributed by atoms with Gasteiger partial charge in [-0.1, -0.05) is 19.3 Å². The molecule has 2 fully saturated rings. The van der Waals surface area contributed by atoms with Crippen LogP contribution in [0.4, 0.5) is 0 Å². The highest BCUT2D eigenvalue weighted by atomic mass is 32.2. The molecular formula is C14H27NO2S. The number of aliphatic hydroxyl groups is 1. The Morgan fingerprint density at radius 3 is 2.61 bits per heavy atom. The summed E-state index contributed by atoms with van der Waals surface area (Å²) in [5, 5.41) is 13.3. The van der Waals surface area contributed by atoms with Gasteiger partial charge in [-0.25, -0.2) is 0 Å². The maximum Gasteiger partial charge on any atom is 0.0897 e. The lowest BCUT2D eigenvalue weighted by Gasteiger charge is -2.40. The predicted octanol–water partition coefficient (Wildman–Crippen LogP) is 2.18. The highest BCUT2D eigenvalue weighted by molar-refractivity contribution is 8.00. The number of rotatable bonds is 8. The molecule has 0 aromatic heterocycles. The minimum absolute atomic E-state index is 0.357. The Morgan fingerprint density at radius 1 is 1.33 bits per heavy atom. The van der Waals surface area contributed by atoms with Crippen molar-refractivity contribution in [1.29, 1.82) is 0 Å². The second-order valence-corrected chi connectivity index (χ2v) is 7.04. The molecule has 0 spiro atoms. The van der Waals surface area contributed by atoms with Gasteiger partial charge in [0.15, 0.2) is 0 Å². The predicted molar refractivity (Wildman–Crippen MR) is 77.2 cm³/mol. The fourth-order valence-electron chi connectivity index (χ4n) is 2.85. The van der Waals surface area contributed by atoms with Crippen LogP contribution >= 0.6 is 11.8 Å². The highest BCUT2D eigenvalue weighted by Gasteiger charge is 2.35. The molecule has 0 aromatic rings. The lowest BCUT2D eigenvalue weighted by molar-refractivity contribution is -0.00568. The zero-order valence-electron chi connectivity index (χ0n) is 11.5. The van der Waals surface area contributed by atoms with Gasteiger partial charge < -0.3 is 15.2 Å². The summed E-state index contributed by atoms with van der Waals surface area (Å²) in [5.74, 6) is 0. The molecule has 3 nitrogen and oxygen atoms in total. The van der Waals surface area contributed by atoms with Crippen molar-refractivity contribution in [3.05, 3.63) is 0 Å². The topological polar surface area (TPSA) is 41.5 Å². The largest absolute Gasteiger partial charge is 0.389 e. The summed E-state index contributed by atoms with van der Waals surface area (Å²) >= 11 is 1.97. The van der Waals surface area contributed by atoms with Crippen molar-refractivity contribution >= 4 is 11.8 Å². The summed E-state index contributed by atoms with van der Waals surface area (Å²) in [5.41, 5.74) is 0. The molecule has 0 heterocycles. The van der Waals surface area contributed by atoms with E-state index in [1.807, 2.05) is 11.8 Å². The summed E-state index contributed by atoms with van der Waals surface area (Å²) in [4.78, 5) is 0. The number of hydrogen-bond acceptors (Lipinski definition) is 4. The van der Waals surface area contributed by atoms with E-state index < -0.39 is 0 Å². The van der Waals surface area contributed by atoms with Gasteiger partial charge in [0.05, 0.1) is 18.8 Å². The molecule has 0 aliphatic heterocycles. The summed E-state index contributed by atoms with van der Waals surface area (Å²) in [6, 6.07) is 0. The Kier molecular flexibility index (Phi) is 5.80. The van der Waals surface area contributed by atoms with Crippen LogP contribution in [0.5, 0.6) is 0 Å². The third-order valence-corrected chi connectivity index (χ3v) is 5.77. The number of nitrogens with one attached hydrogen (secondary N) is 1. The molecule has 1 atom stereocenters. The smallest absolute Gasteiger partial charge is 0.0897 e. The van der Waals surface area contributed by atoms with Gasteiger partial charge in [-0.15, -0.1) is 0 Å². The third kappa shape index (κ3) is 4.12. The van der Waals surface area contributed by atoms with Gasteiger partial charge in [0.1, 0.15) is 0 Å². The van der Waals surface area contributed by atoms with Crippen LogP contribution < -0.4 is 5.32 Å². The maximum atomic E-state index is 9.88. The molecule has 106 valence electrons. The second-order valence-electron chi connectivity index (χ2n) is 5.77. The third-order valence-electron chi connectivity index (χ3n) is 4.35. The summed E-state index contributed by atoms with van der Waals surface area (Å²) in [6.07, 6.45) is 11.2. The van der Waals surface area contributed by atoms with Gasteiger partial charge in [0, 0.05) is 17.8 Å². The van der Waals surface area contributed by atoms with Crippen LogP contribution in [-0.2, 0) is 4.74 Å². The maximum absolute atomic E-state index is 9.88. The SMILES string of the molecule is CSC1(CNCC(O)COC2CCCC2)CCC1. The van der Waals surface area contributed by atoms with Gasteiger partial charge in [0.25, 0.3) is 0 Å². The van der Waals surface area contributed by atoms with Crippen LogP contribution in [-0.4, -0.2) is 48.0 Å². The van der Waals surface area contributed by atoms with Gasteiger partial charge >= 0.3 is 0 Å². The second kappa shape index (κ2) is 7.13. The van der Waals surface area contributed by atoms with Crippen molar-refractivity contribution in [3.63, 3.8) is 0 Å². The number of hydrogen-bond donors (Lipinski definition) is 2. The van der Waals surface area contributed by atoms with Crippen molar-refractivity contribution in [2.45, 2.75) is 61.9 Å². The van der Waals surface area contributed by atoms with Gasteiger partial charge in [0.2, 0.25) is 0 Å². The first-order valence-electron chi connectivity index (χ1n) is 7.30. The standard InChI is InChI=1S/C14H27NO2S/c1-18-14(7-4-8-14)11-15-9-12(16)10-17-13-5-2-3-6-13/h12-13,15-16H,2-11H2,1H3. The average Bonchev–Trinajstić information content (AvgIpc) is 2.83. The molecule has 2 saturated carbocycles. The molecule has 2 rings (SSSR count). The Labute approximate surface area is 115 Å². The molecule has 1 unspecified atom stereocenters. The molecule has 18 heavy (non-hydrogen) atoms. The van der Waals surface area contributed by atoms with Crippen molar-refractivity contribution in [2.24, 2.45) is 0 Å². The van der Waals surface area contributed by atoms with Crippen molar-refractivity contribution in [2.75, 3.05) is 26.0 Å². The highest BCUT2D eigenvalue weighted by Crippen LogP contribution is 2.42. The molecule has 2 aliphatic rings.